The summed E-state index contributed by atoms with van der Waals surface area (Å²) in [5.41, 5.74) is -7.25. The molecule has 1 aromatic heterocycles. The molecule has 10 atom stereocenters. The summed E-state index contributed by atoms with van der Waals surface area (Å²) in [5.74, 6) is -10.9. The molecule has 0 amide bonds. The van der Waals surface area contributed by atoms with Crippen LogP contribution in [0.4, 0.5) is 0 Å². The standard InChI is InChI=1S/C33H44O15/c1-7-17(2)15-18(3)10-11-23(35)46-26-25(36)31(47-27(28(37)38)32(43,29(39)40)33(26,48-31)30(41)42)13-12-19(4)24(45-21(6)34)20(5)16-22-9-8-14-44-22/h8-11,14,17-18,20,24-27,36,43H,4,7,12-13,15-16H2,1-3,5-6H3,(H,37,38)(H,39,40)(H,41,42)/b11-10+/t17-,18+,20+,24+,25+,26+,27+,31-,32+,33-/m0/s1. The lowest BCUT2D eigenvalue weighted by Crippen LogP contribution is -2.78. The molecule has 15 nitrogen and oxygen atoms in total. The van der Waals surface area contributed by atoms with Crippen molar-refractivity contribution in [1.29, 1.82) is 0 Å². The summed E-state index contributed by atoms with van der Waals surface area (Å²) >= 11 is 0. The summed E-state index contributed by atoms with van der Waals surface area (Å²) in [6, 6.07) is 3.39. The number of hydrogen-bond acceptors (Lipinski definition) is 12. The summed E-state index contributed by atoms with van der Waals surface area (Å²) in [5, 5.41) is 53.4. The summed E-state index contributed by atoms with van der Waals surface area (Å²) in [4.78, 5) is 62.8. The van der Waals surface area contributed by atoms with Gasteiger partial charge >= 0.3 is 29.8 Å². The Morgan fingerprint density at radius 3 is 2.29 bits per heavy atom. The third-order valence-corrected chi connectivity index (χ3v) is 8.99. The lowest BCUT2D eigenvalue weighted by atomic mass is 9.74. The van der Waals surface area contributed by atoms with Crippen LogP contribution in [0.25, 0.3) is 0 Å². The number of ether oxygens (including phenoxy) is 4. The zero-order valence-corrected chi connectivity index (χ0v) is 27.5. The van der Waals surface area contributed by atoms with Crippen molar-refractivity contribution >= 4 is 29.8 Å². The average Bonchev–Trinajstić information content (AvgIpc) is 3.59. The van der Waals surface area contributed by atoms with E-state index in [1.54, 1.807) is 19.1 Å². The van der Waals surface area contributed by atoms with E-state index in [9.17, 15) is 49.5 Å². The van der Waals surface area contributed by atoms with E-state index in [2.05, 4.69) is 6.58 Å². The topological polar surface area (TPSA) is 237 Å². The molecule has 2 saturated heterocycles. The van der Waals surface area contributed by atoms with Crippen LogP contribution in [0.2, 0.25) is 0 Å². The van der Waals surface area contributed by atoms with Gasteiger partial charge < -0.3 is 48.9 Å². The van der Waals surface area contributed by atoms with Crippen LogP contribution in [-0.4, -0.2) is 96.8 Å². The minimum atomic E-state index is -3.90. The minimum absolute atomic E-state index is 0.127. The van der Waals surface area contributed by atoms with Gasteiger partial charge in [0.2, 0.25) is 23.1 Å². The van der Waals surface area contributed by atoms with E-state index in [-0.39, 0.29) is 17.9 Å². The van der Waals surface area contributed by atoms with Crippen LogP contribution in [0.5, 0.6) is 0 Å². The van der Waals surface area contributed by atoms with Gasteiger partial charge in [0.1, 0.15) is 18.0 Å². The van der Waals surface area contributed by atoms with E-state index < -0.39 is 83.6 Å². The maximum Gasteiger partial charge on any atom is 0.344 e. The lowest BCUT2D eigenvalue weighted by Gasteiger charge is -2.48. The molecule has 2 aliphatic rings. The maximum absolute atomic E-state index is 13.0. The first-order chi connectivity index (χ1) is 22.4. The van der Waals surface area contributed by atoms with E-state index in [1.807, 2.05) is 20.8 Å². The predicted octanol–water partition coefficient (Wildman–Crippen LogP) is 2.48. The number of carboxylic acid groups (broad SMARTS) is 3. The number of aliphatic hydroxyl groups excluding tert-OH is 1. The Morgan fingerprint density at radius 1 is 1.10 bits per heavy atom. The molecule has 0 aromatic carbocycles. The molecule has 0 spiro atoms. The number of aliphatic carboxylic acids is 3. The van der Waals surface area contributed by atoms with Gasteiger partial charge in [-0.15, -0.1) is 0 Å². The van der Waals surface area contributed by atoms with Gasteiger partial charge in [-0.25, -0.2) is 19.2 Å². The van der Waals surface area contributed by atoms with Crippen molar-refractivity contribution in [3.05, 3.63) is 48.5 Å². The Bertz CT molecular complexity index is 1400. The van der Waals surface area contributed by atoms with Crippen molar-refractivity contribution in [3.63, 3.8) is 0 Å². The molecule has 0 saturated carbocycles. The highest BCUT2D eigenvalue weighted by atomic mass is 16.8. The monoisotopic (exact) mass is 680 g/mol. The van der Waals surface area contributed by atoms with Crippen molar-refractivity contribution in [1.82, 2.24) is 0 Å². The molecule has 48 heavy (non-hydrogen) atoms. The first kappa shape index (κ1) is 38.4. The molecule has 0 aliphatic carbocycles. The van der Waals surface area contributed by atoms with Gasteiger partial charge in [0, 0.05) is 31.8 Å². The third-order valence-electron chi connectivity index (χ3n) is 8.99. The number of hydrogen-bond donors (Lipinski definition) is 5. The molecule has 15 heteroatoms. The Kier molecular flexibility index (Phi) is 12.0. The molecular formula is C33H44O15. The quantitative estimate of drug-likeness (QED) is 0.0903. The number of allylic oxidation sites excluding steroid dienone is 1. The van der Waals surface area contributed by atoms with E-state index in [0.29, 0.717) is 24.5 Å². The van der Waals surface area contributed by atoms with E-state index in [1.165, 1.54) is 19.3 Å². The van der Waals surface area contributed by atoms with Crippen molar-refractivity contribution in [2.24, 2.45) is 17.8 Å². The van der Waals surface area contributed by atoms with Gasteiger partial charge in [-0.3, -0.25) is 4.79 Å². The second kappa shape index (κ2) is 15.0. The maximum atomic E-state index is 13.0. The van der Waals surface area contributed by atoms with E-state index >= 15 is 0 Å². The fourth-order valence-corrected chi connectivity index (χ4v) is 6.34. The van der Waals surface area contributed by atoms with Gasteiger partial charge in [0.25, 0.3) is 0 Å². The molecule has 266 valence electrons. The van der Waals surface area contributed by atoms with Crippen LogP contribution in [0, 0.1) is 17.8 Å². The van der Waals surface area contributed by atoms with Gasteiger partial charge in [-0.05, 0) is 42.4 Å². The van der Waals surface area contributed by atoms with Crippen molar-refractivity contribution in [2.45, 2.75) is 108 Å². The average molecular weight is 681 g/mol. The molecule has 1 aromatic rings. The van der Waals surface area contributed by atoms with Crippen LogP contribution in [0.15, 0.2) is 47.1 Å². The second-order valence-electron chi connectivity index (χ2n) is 12.7. The van der Waals surface area contributed by atoms with Gasteiger partial charge in [0.15, 0.2) is 6.10 Å². The molecule has 0 radical (unpaired) electrons. The number of aliphatic hydroxyl groups is 2. The Morgan fingerprint density at radius 2 is 1.77 bits per heavy atom. The van der Waals surface area contributed by atoms with Crippen molar-refractivity contribution in [3.8, 4) is 0 Å². The number of furan rings is 1. The Balaban J connectivity index is 2.02. The summed E-state index contributed by atoms with van der Waals surface area (Å²) in [7, 11) is 0. The predicted molar refractivity (Wildman–Crippen MR) is 163 cm³/mol. The number of carboxylic acids is 3. The van der Waals surface area contributed by atoms with Crippen LogP contribution in [-0.2, 0) is 49.3 Å². The SMILES string of the molecule is C=C(CC[C@]12O[C@H](C(=O)O)[C@@](O)(C(=O)O)[C@](C(=O)O)(O1)[C@H](OC(=O)/C=C/[C@@H](C)C[C@@H](C)CC)[C@H]2O)[C@@H](OC(C)=O)[C@H](C)Cc1ccco1. The summed E-state index contributed by atoms with van der Waals surface area (Å²) in [6.45, 7) is 12.7. The highest BCUT2D eigenvalue weighted by Gasteiger charge is 2.85. The van der Waals surface area contributed by atoms with E-state index in [4.69, 9.17) is 23.4 Å². The normalized spacial score (nSPS) is 30.6. The highest BCUT2D eigenvalue weighted by Crippen LogP contribution is 2.56. The zero-order valence-electron chi connectivity index (χ0n) is 27.5. The molecule has 0 unspecified atom stereocenters. The number of fused-ring (bicyclic) bond motifs is 2. The molecule has 2 fully saturated rings. The Hall–Kier alpha value is -4.05. The fourth-order valence-electron chi connectivity index (χ4n) is 6.34. The van der Waals surface area contributed by atoms with Crippen LogP contribution < -0.4 is 0 Å². The van der Waals surface area contributed by atoms with Gasteiger partial charge in [0.05, 0.1) is 6.26 Å². The first-order valence-electron chi connectivity index (χ1n) is 15.6. The van der Waals surface area contributed by atoms with Crippen LogP contribution >= 0.6 is 0 Å². The van der Waals surface area contributed by atoms with Gasteiger partial charge in [-0.2, -0.15) is 0 Å². The largest absolute Gasteiger partial charge is 0.479 e. The van der Waals surface area contributed by atoms with Crippen LogP contribution in [0.1, 0.15) is 66.1 Å². The summed E-state index contributed by atoms with van der Waals surface area (Å²) < 4.78 is 27.3. The summed E-state index contributed by atoms with van der Waals surface area (Å²) in [6.07, 6.45) is -3.65. The molecule has 2 bridgehead atoms. The van der Waals surface area contributed by atoms with Crippen molar-refractivity contribution < 1.29 is 72.9 Å². The number of carbonyl (C=O) groups is 5. The molecule has 3 heterocycles. The van der Waals surface area contributed by atoms with Gasteiger partial charge in [-0.1, -0.05) is 46.8 Å². The lowest BCUT2D eigenvalue weighted by molar-refractivity contribution is -0.374. The first-order valence-corrected chi connectivity index (χ1v) is 15.6. The van der Waals surface area contributed by atoms with Crippen molar-refractivity contribution in [2.75, 3.05) is 0 Å². The molecular weight excluding hydrogens is 636 g/mol. The smallest absolute Gasteiger partial charge is 0.344 e. The highest BCUT2D eigenvalue weighted by molar-refractivity contribution is 5.98. The zero-order chi connectivity index (χ0) is 36.2. The number of carbonyl (C=O) groups excluding carboxylic acids is 2. The van der Waals surface area contributed by atoms with Crippen LogP contribution in [0.3, 0.4) is 0 Å². The third kappa shape index (κ3) is 7.33. The number of rotatable bonds is 17. The Labute approximate surface area is 277 Å². The fraction of sp³-hybridized carbons (Fsp3) is 0.606. The number of esters is 2. The second-order valence-corrected chi connectivity index (χ2v) is 12.7. The molecule has 3 rings (SSSR count). The van der Waals surface area contributed by atoms with E-state index in [0.717, 1.165) is 12.5 Å². The minimum Gasteiger partial charge on any atom is -0.479 e. The molecule has 2 aliphatic heterocycles. The molecule has 5 N–H and O–H groups in total.